The molecule has 2 unspecified atom stereocenters. The molecule has 18 heavy (non-hydrogen) atoms. The van der Waals surface area contributed by atoms with E-state index in [1.54, 1.807) is 0 Å². The smallest absolute Gasteiger partial charge is 0.144 e. The molecule has 0 spiro atoms. The summed E-state index contributed by atoms with van der Waals surface area (Å²) in [4.78, 5) is 11.6. The van der Waals surface area contributed by atoms with Gasteiger partial charge in [-0.2, -0.15) is 0 Å². The average Bonchev–Trinajstić information content (AvgIpc) is 2.57. The Morgan fingerprint density at radius 2 is 2.17 bits per heavy atom. The molecule has 4 nitrogen and oxygen atoms in total. The fourth-order valence-electron chi connectivity index (χ4n) is 2.76. The highest BCUT2D eigenvalue weighted by atomic mass is 15.2. The van der Waals surface area contributed by atoms with Crippen LogP contribution in [-0.2, 0) is 6.54 Å². The van der Waals surface area contributed by atoms with Crippen molar-refractivity contribution >= 4 is 5.82 Å². The first-order valence-corrected chi connectivity index (χ1v) is 6.91. The van der Waals surface area contributed by atoms with Crippen LogP contribution >= 0.6 is 0 Å². The Kier molecular flexibility index (Phi) is 4.17. The van der Waals surface area contributed by atoms with Gasteiger partial charge in [-0.15, -0.1) is 0 Å². The van der Waals surface area contributed by atoms with Crippen molar-refractivity contribution in [2.75, 3.05) is 18.4 Å². The number of hydrogen-bond acceptors (Lipinski definition) is 4. The lowest BCUT2D eigenvalue weighted by Gasteiger charge is -2.20. The predicted molar refractivity (Wildman–Crippen MR) is 74.6 cm³/mol. The van der Waals surface area contributed by atoms with Crippen molar-refractivity contribution in [2.45, 2.75) is 46.7 Å². The number of nitrogens with one attached hydrogen (secondary N) is 1. The fraction of sp³-hybridized carbons (Fsp3) is 0.714. The van der Waals surface area contributed by atoms with Crippen LogP contribution in [0.1, 0.15) is 38.7 Å². The Morgan fingerprint density at radius 1 is 1.39 bits per heavy atom. The van der Waals surface area contributed by atoms with E-state index in [1.807, 2.05) is 13.0 Å². The first kappa shape index (κ1) is 13.3. The molecule has 0 aliphatic carbocycles. The molecule has 1 aromatic heterocycles. The third-order valence-electron chi connectivity index (χ3n) is 3.52. The molecule has 2 atom stereocenters. The summed E-state index contributed by atoms with van der Waals surface area (Å²) in [7, 11) is 0. The number of aryl methyl sites for hydroxylation is 1. The SMILES string of the molecule is CCNc1cc(C)nc(CN2CC(C)CC2C)n1. The zero-order chi connectivity index (χ0) is 13.1. The summed E-state index contributed by atoms with van der Waals surface area (Å²) in [6.07, 6.45) is 1.28. The Hall–Kier alpha value is -1.16. The van der Waals surface area contributed by atoms with Crippen LogP contribution in [0, 0.1) is 12.8 Å². The van der Waals surface area contributed by atoms with Crippen molar-refractivity contribution in [1.29, 1.82) is 0 Å². The number of aromatic nitrogens is 2. The number of hydrogen-bond donors (Lipinski definition) is 1. The van der Waals surface area contributed by atoms with Crippen LogP contribution in [-0.4, -0.2) is 34.0 Å². The second-order valence-electron chi connectivity index (χ2n) is 5.46. The molecule has 0 saturated carbocycles. The second kappa shape index (κ2) is 5.65. The highest BCUT2D eigenvalue weighted by Crippen LogP contribution is 2.23. The van der Waals surface area contributed by atoms with Gasteiger partial charge < -0.3 is 5.32 Å². The second-order valence-corrected chi connectivity index (χ2v) is 5.46. The van der Waals surface area contributed by atoms with Crippen LogP contribution in [0.25, 0.3) is 0 Å². The van der Waals surface area contributed by atoms with Gasteiger partial charge in [0, 0.05) is 30.9 Å². The fourth-order valence-corrected chi connectivity index (χ4v) is 2.76. The van der Waals surface area contributed by atoms with Crippen LogP contribution < -0.4 is 5.32 Å². The summed E-state index contributed by atoms with van der Waals surface area (Å²) in [5.74, 6) is 2.67. The van der Waals surface area contributed by atoms with Crippen LogP contribution in [0.2, 0.25) is 0 Å². The molecular formula is C14H24N4. The number of rotatable bonds is 4. The highest BCUT2D eigenvalue weighted by molar-refractivity contribution is 5.35. The maximum Gasteiger partial charge on any atom is 0.144 e. The van der Waals surface area contributed by atoms with E-state index < -0.39 is 0 Å². The minimum absolute atomic E-state index is 0.645. The van der Waals surface area contributed by atoms with E-state index in [1.165, 1.54) is 6.42 Å². The first-order chi connectivity index (χ1) is 8.58. The van der Waals surface area contributed by atoms with Crippen molar-refractivity contribution < 1.29 is 0 Å². The van der Waals surface area contributed by atoms with Gasteiger partial charge >= 0.3 is 0 Å². The minimum atomic E-state index is 0.645. The summed E-state index contributed by atoms with van der Waals surface area (Å²) in [6.45, 7) is 11.7. The van der Waals surface area contributed by atoms with Gasteiger partial charge in [0.25, 0.3) is 0 Å². The van der Waals surface area contributed by atoms with E-state index in [9.17, 15) is 0 Å². The van der Waals surface area contributed by atoms with Crippen molar-refractivity contribution in [1.82, 2.24) is 14.9 Å². The molecule has 0 bridgehead atoms. The normalized spacial score (nSPS) is 24.4. The van der Waals surface area contributed by atoms with Crippen LogP contribution in [0.5, 0.6) is 0 Å². The molecule has 0 radical (unpaired) electrons. The lowest BCUT2D eigenvalue weighted by molar-refractivity contribution is 0.250. The van der Waals surface area contributed by atoms with Gasteiger partial charge in [0.2, 0.25) is 0 Å². The molecule has 2 heterocycles. The minimum Gasteiger partial charge on any atom is -0.370 e. The van der Waals surface area contributed by atoms with Crippen molar-refractivity contribution in [3.8, 4) is 0 Å². The van der Waals surface area contributed by atoms with Gasteiger partial charge in [-0.25, -0.2) is 9.97 Å². The molecule has 100 valence electrons. The van der Waals surface area contributed by atoms with E-state index in [-0.39, 0.29) is 0 Å². The van der Waals surface area contributed by atoms with Crippen LogP contribution in [0.3, 0.4) is 0 Å². The molecule has 0 aromatic carbocycles. The van der Waals surface area contributed by atoms with E-state index in [4.69, 9.17) is 0 Å². The third kappa shape index (κ3) is 3.19. The van der Waals surface area contributed by atoms with Gasteiger partial charge in [0.05, 0.1) is 6.54 Å². The Balaban J connectivity index is 2.08. The van der Waals surface area contributed by atoms with E-state index in [0.29, 0.717) is 6.04 Å². The largest absolute Gasteiger partial charge is 0.370 e. The standard InChI is InChI=1S/C14H24N4/c1-5-15-13-7-11(3)16-14(17-13)9-18-8-10(2)6-12(18)4/h7,10,12H,5-6,8-9H2,1-4H3,(H,15,16,17). The Bertz CT molecular complexity index is 405. The van der Waals surface area contributed by atoms with Crippen LogP contribution in [0.15, 0.2) is 6.07 Å². The van der Waals surface area contributed by atoms with Crippen molar-refractivity contribution in [3.63, 3.8) is 0 Å². The molecule has 1 fully saturated rings. The summed E-state index contributed by atoms with van der Waals surface area (Å²) in [5.41, 5.74) is 1.04. The maximum atomic E-state index is 4.58. The molecule has 1 aliphatic heterocycles. The quantitative estimate of drug-likeness (QED) is 0.888. The van der Waals surface area contributed by atoms with E-state index in [2.05, 4.69) is 41.0 Å². The molecular weight excluding hydrogens is 224 g/mol. The topological polar surface area (TPSA) is 41.1 Å². The maximum absolute atomic E-state index is 4.58. The van der Waals surface area contributed by atoms with E-state index in [0.717, 1.165) is 42.9 Å². The van der Waals surface area contributed by atoms with Gasteiger partial charge in [-0.3, -0.25) is 4.90 Å². The molecule has 1 N–H and O–H groups in total. The Morgan fingerprint density at radius 3 is 2.78 bits per heavy atom. The van der Waals surface area contributed by atoms with Gasteiger partial charge in [0.15, 0.2) is 0 Å². The van der Waals surface area contributed by atoms with Gasteiger partial charge in [-0.1, -0.05) is 6.92 Å². The molecule has 2 rings (SSSR count). The van der Waals surface area contributed by atoms with Crippen LogP contribution in [0.4, 0.5) is 5.82 Å². The van der Waals surface area contributed by atoms with Crippen molar-refractivity contribution in [3.05, 3.63) is 17.6 Å². The summed E-state index contributed by atoms with van der Waals surface area (Å²) in [6, 6.07) is 2.65. The summed E-state index contributed by atoms with van der Waals surface area (Å²) in [5, 5.41) is 3.26. The van der Waals surface area contributed by atoms with Crippen molar-refractivity contribution in [2.24, 2.45) is 5.92 Å². The predicted octanol–water partition coefficient (Wildman–Crippen LogP) is 2.45. The number of likely N-dealkylation sites (tertiary alicyclic amines) is 1. The summed E-state index contributed by atoms with van der Waals surface area (Å²) >= 11 is 0. The highest BCUT2D eigenvalue weighted by Gasteiger charge is 2.26. The zero-order valence-corrected chi connectivity index (χ0v) is 11.9. The Labute approximate surface area is 110 Å². The lowest BCUT2D eigenvalue weighted by Crippen LogP contribution is -2.27. The molecule has 4 heteroatoms. The number of anilines is 1. The molecule has 1 aliphatic rings. The summed E-state index contributed by atoms with van der Waals surface area (Å²) < 4.78 is 0. The van der Waals surface area contributed by atoms with Gasteiger partial charge in [-0.05, 0) is 33.1 Å². The molecule has 1 saturated heterocycles. The number of nitrogens with zero attached hydrogens (tertiary/aromatic N) is 3. The zero-order valence-electron chi connectivity index (χ0n) is 11.9. The van der Waals surface area contributed by atoms with Gasteiger partial charge in [0.1, 0.15) is 11.6 Å². The van der Waals surface area contributed by atoms with E-state index >= 15 is 0 Å². The molecule has 0 amide bonds. The molecule has 1 aromatic rings. The third-order valence-corrected chi connectivity index (χ3v) is 3.52. The first-order valence-electron chi connectivity index (χ1n) is 6.91. The monoisotopic (exact) mass is 248 g/mol. The lowest BCUT2D eigenvalue weighted by atomic mass is 10.1. The average molecular weight is 248 g/mol.